The molecule has 0 N–H and O–H groups in total. The molecule has 1 heterocycles. The summed E-state index contributed by atoms with van der Waals surface area (Å²) in [4.78, 5) is 11.8. The van der Waals surface area contributed by atoms with E-state index in [1.54, 1.807) is 18.2 Å². The number of ether oxygens (including phenoxy) is 4. The van der Waals surface area contributed by atoms with Gasteiger partial charge in [-0.05, 0) is 25.1 Å². The van der Waals surface area contributed by atoms with Crippen LogP contribution in [0.4, 0.5) is 0 Å². The minimum atomic E-state index is -0.0789. The number of Topliss-reactive ketones (excluding diaryl/α,β-unsaturated/α-hetero) is 1. The van der Waals surface area contributed by atoms with Crippen molar-refractivity contribution in [2.45, 2.75) is 6.92 Å². The third-order valence-corrected chi connectivity index (χ3v) is 2.50. The van der Waals surface area contributed by atoms with Crippen LogP contribution in [0.15, 0.2) is 18.2 Å². The van der Waals surface area contributed by atoms with Gasteiger partial charge in [0.1, 0.15) is 6.61 Å². The van der Waals surface area contributed by atoms with Crippen LogP contribution in [-0.4, -0.2) is 39.0 Å². The topological polar surface area (TPSA) is 54.0 Å². The van der Waals surface area contributed by atoms with Gasteiger partial charge in [-0.25, -0.2) is 0 Å². The molecular weight excluding hydrogens is 236 g/mol. The van der Waals surface area contributed by atoms with E-state index in [9.17, 15) is 4.79 Å². The van der Waals surface area contributed by atoms with Crippen LogP contribution in [0.3, 0.4) is 0 Å². The highest BCUT2D eigenvalue weighted by Gasteiger charge is 2.16. The molecule has 0 unspecified atom stereocenters. The highest BCUT2D eigenvalue weighted by atomic mass is 16.7. The van der Waals surface area contributed by atoms with Gasteiger partial charge in [0, 0.05) is 12.2 Å². The second kappa shape index (κ2) is 6.37. The molecule has 5 heteroatoms. The largest absolute Gasteiger partial charge is 0.454 e. The summed E-state index contributed by atoms with van der Waals surface area (Å²) in [6.07, 6.45) is 0. The third-order valence-electron chi connectivity index (χ3n) is 2.50. The van der Waals surface area contributed by atoms with E-state index in [-0.39, 0.29) is 19.2 Å². The predicted octanol–water partition coefficient (Wildman–Crippen LogP) is 1.65. The summed E-state index contributed by atoms with van der Waals surface area (Å²) in [6, 6.07) is 5.12. The Kier molecular flexibility index (Phi) is 4.55. The Morgan fingerprint density at radius 1 is 1.22 bits per heavy atom. The molecule has 0 aromatic heterocycles. The van der Waals surface area contributed by atoms with Crippen molar-refractivity contribution in [3.63, 3.8) is 0 Å². The van der Waals surface area contributed by atoms with Crippen LogP contribution >= 0.6 is 0 Å². The summed E-state index contributed by atoms with van der Waals surface area (Å²) in [5.74, 6) is 1.20. The third kappa shape index (κ3) is 3.21. The molecule has 98 valence electrons. The van der Waals surface area contributed by atoms with Gasteiger partial charge in [0.05, 0.1) is 13.2 Å². The average molecular weight is 252 g/mol. The van der Waals surface area contributed by atoms with Gasteiger partial charge in [0.2, 0.25) is 6.79 Å². The molecule has 18 heavy (non-hydrogen) atoms. The monoisotopic (exact) mass is 252 g/mol. The first-order chi connectivity index (χ1) is 8.81. The zero-order valence-electron chi connectivity index (χ0n) is 10.3. The van der Waals surface area contributed by atoms with E-state index in [1.807, 2.05) is 6.92 Å². The number of benzene rings is 1. The Bertz CT molecular complexity index is 416. The molecular formula is C13H16O5. The summed E-state index contributed by atoms with van der Waals surface area (Å²) >= 11 is 0. The quantitative estimate of drug-likeness (QED) is 0.545. The fraction of sp³-hybridized carbons (Fsp3) is 0.462. The summed E-state index contributed by atoms with van der Waals surface area (Å²) < 4.78 is 20.7. The van der Waals surface area contributed by atoms with Gasteiger partial charge in [0.15, 0.2) is 17.3 Å². The first-order valence-corrected chi connectivity index (χ1v) is 5.89. The average Bonchev–Trinajstić information content (AvgIpc) is 2.85. The SMILES string of the molecule is CCOCCOCC(=O)c1ccc2c(c1)OCO2. The van der Waals surface area contributed by atoms with Gasteiger partial charge in [-0.1, -0.05) is 0 Å². The van der Waals surface area contributed by atoms with Crippen molar-refractivity contribution in [3.8, 4) is 11.5 Å². The van der Waals surface area contributed by atoms with Crippen molar-refractivity contribution in [1.82, 2.24) is 0 Å². The molecule has 1 aliphatic heterocycles. The summed E-state index contributed by atoms with van der Waals surface area (Å²) in [5, 5.41) is 0. The Morgan fingerprint density at radius 3 is 2.83 bits per heavy atom. The van der Waals surface area contributed by atoms with Crippen LogP contribution in [0.2, 0.25) is 0 Å². The van der Waals surface area contributed by atoms with E-state index in [0.717, 1.165) is 0 Å². The van der Waals surface area contributed by atoms with Crippen LogP contribution in [0.1, 0.15) is 17.3 Å². The molecule has 0 amide bonds. The van der Waals surface area contributed by atoms with Gasteiger partial charge in [-0.3, -0.25) is 4.79 Å². The van der Waals surface area contributed by atoms with Gasteiger partial charge in [-0.15, -0.1) is 0 Å². The van der Waals surface area contributed by atoms with Crippen molar-refractivity contribution >= 4 is 5.78 Å². The maximum absolute atomic E-state index is 11.8. The summed E-state index contributed by atoms with van der Waals surface area (Å²) in [5.41, 5.74) is 0.565. The fourth-order valence-electron chi connectivity index (χ4n) is 1.58. The normalized spacial score (nSPS) is 12.7. The minimum Gasteiger partial charge on any atom is -0.454 e. The first-order valence-electron chi connectivity index (χ1n) is 5.89. The smallest absolute Gasteiger partial charge is 0.231 e. The lowest BCUT2D eigenvalue weighted by Crippen LogP contribution is -2.12. The first kappa shape index (κ1) is 12.9. The van der Waals surface area contributed by atoms with Gasteiger partial charge in [-0.2, -0.15) is 0 Å². The highest BCUT2D eigenvalue weighted by Crippen LogP contribution is 2.32. The van der Waals surface area contributed by atoms with E-state index in [2.05, 4.69) is 0 Å². The standard InChI is InChI=1S/C13H16O5/c1-2-15-5-6-16-8-11(14)10-3-4-12-13(7-10)18-9-17-12/h3-4,7H,2,5-6,8-9H2,1H3. The van der Waals surface area contributed by atoms with Gasteiger partial charge in [0.25, 0.3) is 0 Å². The second-order valence-electron chi connectivity index (χ2n) is 3.74. The van der Waals surface area contributed by atoms with Crippen molar-refractivity contribution in [2.24, 2.45) is 0 Å². The number of rotatable bonds is 7. The lowest BCUT2D eigenvalue weighted by molar-refractivity contribution is 0.0475. The molecule has 0 fully saturated rings. The van der Waals surface area contributed by atoms with Crippen molar-refractivity contribution in [1.29, 1.82) is 0 Å². The van der Waals surface area contributed by atoms with E-state index in [4.69, 9.17) is 18.9 Å². The van der Waals surface area contributed by atoms with Gasteiger partial charge < -0.3 is 18.9 Å². The molecule has 0 spiro atoms. The maximum atomic E-state index is 11.8. The zero-order valence-corrected chi connectivity index (χ0v) is 10.3. The van der Waals surface area contributed by atoms with Crippen LogP contribution in [-0.2, 0) is 9.47 Å². The number of ketones is 1. The van der Waals surface area contributed by atoms with E-state index < -0.39 is 0 Å². The Morgan fingerprint density at radius 2 is 2.00 bits per heavy atom. The molecule has 2 rings (SSSR count). The molecule has 0 saturated heterocycles. The Labute approximate surface area is 106 Å². The van der Waals surface area contributed by atoms with E-state index >= 15 is 0 Å². The molecule has 0 saturated carbocycles. The van der Waals surface area contributed by atoms with Crippen LogP contribution in [0.25, 0.3) is 0 Å². The molecule has 1 aromatic carbocycles. The highest BCUT2D eigenvalue weighted by molar-refractivity contribution is 5.97. The molecule has 1 aliphatic rings. The van der Waals surface area contributed by atoms with Crippen molar-refractivity contribution in [3.05, 3.63) is 23.8 Å². The zero-order chi connectivity index (χ0) is 12.8. The van der Waals surface area contributed by atoms with E-state index in [1.165, 1.54) is 0 Å². The second-order valence-corrected chi connectivity index (χ2v) is 3.74. The lowest BCUT2D eigenvalue weighted by atomic mass is 10.1. The molecule has 0 bridgehead atoms. The van der Waals surface area contributed by atoms with E-state index in [0.29, 0.717) is 36.9 Å². The number of hydrogen-bond donors (Lipinski definition) is 0. The van der Waals surface area contributed by atoms with Gasteiger partial charge >= 0.3 is 0 Å². The van der Waals surface area contributed by atoms with Crippen molar-refractivity contribution in [2.75, 3.05) is 33.2 Å². The number of fused-ring (bicyclic) bond motifs is 1. The van der Waals surface area contributed by atoms with Crippen LogP contribution < -0.4 is 9.47 Å². The Balaban J connectivity index is 1.82. The summed E-state index contributed by atoms with van der Waals surface area (Å²) in [6.45, 7) is 3.75. The fourth-order valence-corrected chi connectivity index (χ4v) is 1.58. The Hall–Kier alpha value is -1.59. The summed E-state index contributed by atoms with van der Waals surface area (Å²) in [7, 11) is 0. The molecule has 1 aromatic rings. The molecule has 5 nitrogen and oxygen atoms in total. The number of hydrogen-bond acceptors (Lipinski definition) is 5. The lowest BCUT2D eigenvalue weighted by Gasteiger charge is -2.04. The number of carbonyl (C=O) groups excluding carboxylic acids is 1. The molecule has 0 atom stereocenters. The molecule has 0 aliphatic carbocycles. The number of carbonyl (C=O) groups is 1. The molecule has 0 radical (unpaired) electrons. The van der Waals surface area contributed by atoms with Crippen LogP contribution in [0, 0.1) is 0 Å². The predicted molar refractivity (Wildman–Crippen MR) is 64.2 cm³/mol. The van der Waals surface area contributed by atoms with Crippen molar-refractivity contribution < 1.29 is 23.7 Å². The minimum absolute atomic E-state index is 0.0483. The van der Waals surface area contributed by atoms with Crippen LogP contribution in [0.5, 0.6) is 11.5 Å². The maximum Gasteiger partial charge on any atom is 0.231 e.